The number of carbonyl (C=O) groups excluding carboxylic acids is 1. The molecule has 0 bridgehead atoms. The third-order valence-electron chi connectivity index (χ3n) is 2.78. The third-order valence-corrected chi connectivity index (χ3v) is 2.78. The van der Waals surface area contributed by atoms with Gasteiger partial charge in [0, 0.05) is 20.6 Å². The molecule has 1 amide bonds. The summed E-state index contributed by atoms with van der Waals surface area (Å²) >= 11 is 0. The molecule has 0 unspecified atom stereocenters. The van der Waals surface area contributed by atoms with Gasteiger partial charge in [0.2, 0.25) is 5.91 Å². The average molecular weight is 250 g/mol. The van der Waals surface area contributed by atoms with Gasteiger partial charge in [-0.25, -0.2) is 4.98 Å². The summed E-state index contributed by atoms with van der Waals surface area (Å²) in [5, 5.41) is 0. The van der Waals surface area contributed by atoms with Crippen molar-refractivity contribution in [3.8, 4) is 0 Å². The Kier molecular flexibility index (Phi) is 4.95. The van der Waals surface area contributed by atoms with Gasteiger partial charge in [0.25, 0.3) is 0 Å². The molecule has 0 aliphatic heterocycles. The van der Waals surface area contributed by atoms with Crippen molar-refractivity contribution in [2.75, 3.05) is 37.8 Å². The Morgan fingerprint density at radius 3 is 2.61 bits per heavy atom. The van der Waals surface area contributed by atoms with E-state index in [4.69, 9.17) is 5.73 Å². The summed E-state index contributed by atoms with van der Waals surface area (Å²) in [6.45, 7) is 5.17. The molecule has 0 aliphatic carbocycles. The first-order valence-electron chi connectivity index (χ1n) is 6.13. The van der Waals surface area contributed by atoms with E-state index < -0.39 is 0 Å². The highest BCUT2D eigenvalue weighted by atomic mass is 16.2. The number of carbonyl (C=O) groups is 1. The number of pyridine rings is 1. The lowest BCUT2D eigenvalue weighted by Crippen LogP contribution is -2.37. The monoisotopic (exact) mass is 250 g/mol. The molecule has 0 atom stereocenters. The van der Waals surface area contributed by atoms with Gasteiger partial charge < -0.3 is 15.5 Å². The summed E-state index contributed by atoms with van der Waals surface area (Å²) in [7, 11) is 3.52. The van der Waals surface area contributed by atoms with E-state index in [0.717, 1.165) is 24.3 Å². The van der Waals surface area contributed by atoms with E-state index in [-0.39, 0.29) is 5.91 Å². The van der Waals surface area contributed by atoms with Crippen LogP contribution in [0.4, 0.5) is 11.5 Å². The Hall–Kier alpha value is -1.78. The molecule has 1 aromatic heterocycles. The van der Waals surface area contributed by atoms with Crippen molar-refractivity contribution in [3.63, 3.8) is 0 Å². The number of nitrogens with two attached hydrogens (primary N) is 1. The number of hydrogen-bond donors (Lipinski definition) is 1. The quantitative estimate of drug-likeness (QED) is 0.855. The fourth-order valence-corrected chi connectivity index (χ4v) is 1.57. The molecule has 0 saturated carbocycles. The van der Waals surface area contributed by atoms with Crippen LogP contribution >= 0.6 is 0 Å². The van der Waals surface area contributed by atoms with Crippen molar-refractivity contribution in [1.29, 1.82) is 0 Å². The second-order valence-corrected chi connectivity index (χ2v) is 4.61. The minimum Gasteiger partial charge on any atom is -0.397 e. The maximum Gasteiger partial charge on any atom is 0.241 e. The van der Waals surface area contributed by atoms with Gasteiger partial charge in [-0.05, 0) is 25.0 Å². The molecule has 0 aliphatic rings. The zero-order valence-corrected chi connectivity index (χ0v) is 11.6. The van der Waals surface area contributed by atoms with E-state index >= 15 is 0 Å². The number of amides is 1. The lowest BCUT2D eigenvalue weighted by molar-refractivity contribution is -0.127. The molecular weight excluding hydrogens is 228 g/mol. The van der Waals surface area contributed by atoms with E-state index in [9.17, 15) is 4.79 Å². The van der Waals surface area contributed by atoms with Gasteiger partial charge >= 0.3 is 0 Å². The highest BCUT2D eigenvalue weighted by Gasteiger charge is 2.13. The second-order valence-electron chi connectivity index (χ2n) is 4.61. The number of rotatable bonds is 5. The fourth-order valence-electron chi connectivity index (χ4n) is 1.57. The van der Waals surface area contributed by atoms with E-state index in [1.54, 1.807) is 25.2 Å². The van der Waals surface area contributed by atoms with Gasteiger partial charge in [-0.2, -0.15) is 0 Å². The van der Waals surface area contributed by atoms with Crippen LogP contribution < -0.4 is 10.6 Å². The molecule has 2 N–H and O–H groups in total. The van der Waals surface area contributed by atoms with E-state index in [1.165, 1.54) is 0 Å². The number of aromatic nitrogens is 1. The zero-order chi connectivity index (χ0) is 13.7. The minimum absolute atomic E-state index is 0.0692. The van der Waals surface area contributed by atoms with Crippen LogP contribution in [-0.2, 0) is 4.79 Å². The first-order chi connectivity index (χ1) is 8.45. The van der Waals surface area contributed by atoms with Crippen LogP contribution in [-0.4, -0.2) is 43.0 Å². The van der Waals surface area contributed by atoms with Crippen molar-refractivity contribution < 1.29 is 4.79 Å². The molecule has 0 saturated heterocycles. The van der Waals surface area contributed by atoms with Gasteiger partial charge in [-0.15, -0.1) is 0 Å². The predicted molar refractivity (Wildman–Crippen MR) is 74.6 cm³/mol. The van der Waals surface area contributed by atoms with Crippen LogP contribution in [0.1, 0.15) is 18.9 Å². The zero-order valence-electron chi connectivity index (χ0n) is 11.6. The Morgan fingerprint density at radius 2 is 2.11 bits per heavy atom. The maximum absolute atomic E-state index is 11.8. The third kappa shape index (κ3) is 3.61. The molecule has 0 aromatic carbocycles. The average Bonchev–Trinajstić information content (AvgIpc) is 2.32. The SMILES string of the molecule is CCCN(CC(=O)N(C)C)c1cc(C)c(N)cn1. The van der Waals surface area contributed by atoms with Crippen molar-refractivity contribution >= 4 is 17.4 Å². The summed E-state index contributed by atoms with van der Waals surface area (Å²) < 4.78 is 0. The number of aryl methyl sites for hydroxylation is 1. The van der Waals surface area contributed by atoms with Gasteiger partial charge in [0.1, 0.15) is 5.82 Å². The number of nitrogen functional groups attached to an aromatic ring is 1. The normalized spacial score (nSPS) is 10.2. The van der Waals surface area contributed by atoms with Crippen molar-refractivity contribution in [2.45, 2.75) is 20.3 Å². The first kappa shape index (κ1) is 14.3. The minimum atomic E-state index is 0.0692. The van der Waals surface area contributed by atoms with Gasteiger partial charge in [0.05, 0.1) is 18.4 Å². The maximum atomic E-state index is 11.8. The Morgan fingerprint density at radius 1 is 1.44 bits per heavy atom. The Balaban J connectivity index is 2.89. The van der Waals surface area contributed by atoms with E-state index in [1.807, 2.05) is 17.9 Å². The molecular formula is C13H22N4O. The Labute approximate surface area is 109 Å². The number of nitrogens with zero attached hydrogens (tertiary/aromatic N) is 3. The van der Waals surface area contributed by atoms with Crippen LogP contribution in [0.25, 0.3) is 0 Å². The Bertz CT molecular complexity index is 417. The smallest absolute Gasteiger partial charge is 0.241 e. The second kappa shape index (κ2) is 6.23. The lowest BCUT2D eigenvalue weighted by Gasteiger charge is -2.24. The largest absolute Gasteiger partial charge is 0.397 e. The van der Waals surface area contributed by atoms with Crippen LogP contribution in [0.2, 0.25) is 0 Å². The summed E-state index contributed by atoms with van der Waals surface area (Å²) in [5.41, 5.74) is 7.42. The van der Waals surface area contributed by atoms with Crippen molar-refractivity contribution in [1.82, 2.24) is 9.88 Å². The molecule has 5 heteroatoms. The number of likely N-dealkylation sites (N-methyl/N-ethyl adjacent to an activating group) is 1. The highest BCUT2D eigenvalue weighted by molar-refractivity contribution is 5.80. The fraction of sp³-hybridized carbons (Fsp3) is 0.538. The van der Waals surface area contributed by atoms with Crippen LogP contribution in [0.3, 0.4) is 0 Å². The molecule has 0 radical (unpaired) electrons. The molecule has 100 valence electrons. The number of hydrogen-bond acceptors (Lipinski definition) is 4. The summed E-state index contributed by atoms with van der Waals surface area (Å²) in [6.07, 6.45) is 2.61. The summed E-state index contributed by atoms with van der Waals surface area (Å²) in [4.78, 5) is 19.7. The first-order valence-corrected chi connectivity index (χ1v) is 6.13. The number of anilines is 2. The summed E-state index contributed by atoms with van der Waals surface area (Å²) in [5.74, 6) is 0.874. The standard InChI is InChI=1S/C13H22N4O/c1-5-6-17(9-13(18)16(3)4)12-7-10(2)11(14)8-15-12/h7-8H,5-6,9,14H2,1-4H3. The summed E-state index contributed by atoms with van der Waals surface area (Å²) in [6, 6.07) is 1.92. The van der Waals surface area contributed by atoms with Crippen molar-refractivity contribution in [3.05, 3.63) is 17.8 Å². The van der Waals surface area contributed by atoms with E-state index in [2.05, 4.69) is 11.9 Å². The van der Waals surface area contributed by atoms with Crippen molar-refractivity contribution in [2.24, 2.45) is 0 Å². The van der Waals surface area contributed by atoms with Gasteiger partial charge in [-0.3, -0.25) is 4.79 Å². The molecule has 0 fully saturated rings. The molecule has 18 heavy (non-hydrogen) atoms. The van der Waals surface area contributed by atoms with Crippen LogP contribution in [0.5, 0.6) is 0 Å². The van der Waals surface area contributed by atoms with Crippen LogP contribution in [0.15, 0.2) is 12.3 Å². The topological polar surface area (TPSA) is 62.5 Å². The highest BCUT2D eigenvalue weighted by Crippen LogP contribution is 2.17. The van der Waals surface area contributed by atoms with Gasteiger partial charge in [0.15, 0.2) is 0 Å². The molecule has 1 heterocycles. The van der Waals surface area contributed by atoms with E-state index in [0.29, 0.717) is 12.2 Å². The van der Waals surface area contributed by atoms with Gasteiger partial charge in [-0.1, -0.05) is 6.92 Å². The molecule has 1 rings (SSSR count). The molecule has 0 spiro atoms. The molecule has 5 nitrogen and oxygen atoms in total. The lowest BCUT2D eigenvalue weighted by atomic mass is 10.2. The van der Waals surface area contributed by atoms with Crippen LogP contribution in [0, 0.1) is 6.92 Å². The predicted octanol–water partition coefficient (Wildman–Crippen LogP) is 1.28. The molecule has 1 aromatic rings.